The Balaban J connectivity index is 1.67. The zero-order valence-electron chi connectivity index (χ0n) is 12.3. The van der Waals surface area contributed by atoms with E-state index in [1.165, 1.54) is 19.3 Å². The molecule has 0 amide bonds. The summed E-state index contributed by atoms with van der Waals surface area (Å²) in [5, 5.41) is 8.72. The maximum Gasteiger partial charge on any atom is 0.119 e. The van der Waals surface area contributed by atoms with Gasteiger partial charge in [0, 0.05) is 0 Å². The van der Waals surface area contributed by atoms with Crippen molar-refractivity contribution < 1.29 is 9.47 Å². The second-order valence-corrected chi connectivity index (χ2v) is 5.89. The normalized spacial score (nSPS) is 25.9. The van der Waals surface area contributed by atoms with Crippen molar-refractivity contribution in [3.05, 3.63) is 29.8 Å². The molecule has 0 aliphatic heterocycles. The first-order valence-electron chi connectivity index (χ1n) is 7.42. The quantitative estimate of drug-likeness (QED) is 0.767. The van der Waals surface area contributed by atoms with Crippen LogP contribution in [0.4, 0.5) is 0 Å². The molecule has 1 aromatic carbocycles. The number of nitrogens with zero attached hydrogens (tertiary/aromatic N) is 1. The molecule has 0 heterocycles. The summed E-state index contributed by atoms with van der Waals surface area (Å²) in [5.74, 6) is 2.32. The van der Waals surface area contributed by atoms with Crippen molar-refractivity contribution in [3.63, 3.8) is 0 Å². The first-order chi connectivity index (χ1) is 9.67. The van der Waals surface area contributed by atoms with E-state index in [2.05, 4.69) is 19.9 Å². The lowest BCUT2D eigenvalue weighted by Crippen LogP contribution is -2.27. The first-order valence-corrected chi connectivity index (χ1v) is 7.42. The first kappa shape index (κ1) is 14.9. The van der Waals surface area contributed by atoms with E-state index in [0.29, 0.717) is 24.9 Å². The maximum absolute atomic E-state index is 8.72. The molecule has 0 bridgehead atoms. The average Bonchev–Trinajstić information content (AvgIpc) is 2.43. The van der Waals surface area contributed by atoms with E-state index in [-0.39, 0.29) is 0 Å². The molecule has 1 aliphatic carbocycles. The van der Waals surface area contributed by atoms with Gasteiger partial charge >= 0.3 is 0 Å². The Labute approximate surface area is 121 Å². The summed E-state index contributed by atoms with van der Waals surface area (Å²) in [5.41, 5.74) is 0.652. The molecule has 0 saturated heterocycles. The van der Waals surface area contributed by atoms with Crippen molar-refractivity contribution in [1.82, 2.24) is 0 Å². The number of rotatable bonds is 5. The van der Waals surface area contributed by atoms with Crippen LogP contribution in [0.25, 0.3) is 0 Å². The molecule has 2 unspecified atom stereocenters. The largest absolute Gasteiger partial charge is 0.491 e. The van der Waals surface area contributed by atoms with Crippen LogP contribution in [0.3, 0.4) is 0 Å². The Morgan fingerprint density at radius 1 is 1.05 bits per heavy atom. The van der Waals surface area contributed by atoms with Gasteiger partial charge in [0.2, 0.25) is 0 Å². The highest BCUT2D eigenvalue weighted by atomic mass is 16.5. The topological polar surface area (TPSA) is 42.2 Å². The highest BCUT2D eigenvalue weighted by Gasteiger charge is 2.24. The van der Waals surface area contributed by atoms with Crippen LogP contribution < -0.4 is 4.74 Å². The van der Waals surface area contributed by atoms with Crippen LogP contribution in [0.15, 0.2) is 24.3 Å². The molecule has 20 heavy (non-hydrogen) atoms. The fourth-order valence-electron chi connectivity index (χ4n) is 3.01. The second-order valence-electron chi connectivity index (χ2n) is 5.89. The lowest BCUT2D eigenvalue weighted by Gasteiger charge is -2.31. The van der Waals surface area contributed by atoms with Gasteiger partial charge in [0.05, 0.1) is 24.3 Å². The minimum atomic E-state index is 0.387. The Morgan fingerprint density at radius 2 is 1.70 bits per heavy atom. The van der Waals surface area contributed by atoms with E-state index in [1.54, 1.807) is 12.1 Å². The standard InChI is InChI=1S/C17H23NO2/c1-13-9-14(2)11-17(10-13)20-8-7-19-16-5-3-15(12-18)4-6-16/h3-6,13-14,17H,7-11H2,1-2H3. The zero-order chi connectivity index (χ0) is 14.4. The molecule has 0 N–H and O–H groups in total. The molecule has 0 spiro atoms. The smallest absolute Gasteiger partial charge is 0.119 e. The van der Waals surface area contributed by atoms with Gasteiger partial charge in [0.1, 0.15) is 12.4 Å². The maximum atomic E-state index is 8.72. The number of nitriles is 1. The van der Waals surface area contributed by atoms with Gasteiger partial charge in [-0.2, -0.15) is 5.26 Å². The Bertz CT molecular complexity index is 439. The van der Waals surface area contributed by atoms with Gasteiger partial charge in [-0.3, -0.25) is 0 Å². The number of hydrogen-bond acceptors (Lipinski definition) is 3. The van der Waals surface area contributed by atoms with Crippen LogP contribution in [-0.2, 0) is 4.74 Å². The Hall–Kier alpha value is -1.53. The molecule has 0 aromatic heterocycles. The molecule has 1 saturated carbocycles. The molecular formula is C17H23NO2. The average molecular weight is 273 g/mol. The van der Waals surface area contributed by atoms with Crippen LogP contribution in [0.2, 0.25) is 0 Å². The molecule has 1 aliphatic rings. The summed E-state index contributed by atoms with van der Waals surface area (Å²) in [6, 6.07) is 9.27. The highest BCUT2D eigenvalue weighted by Crippen LogP contribution is 2.30. The van der Waals surface area contributed by atoms with E-state index < -0.39 is 0 Å². The molecule has 2 rings (SSSR count). The van der Waals surface area contributed by atoms with Gasteiger partial charge in [-0.15, -0.1) is 0 Å². The summed E-state index contributed by atoms with van der Waals surface area (Å²) < 4.78 is 11.5. The van der Waals surface area contributed by atoms with E-state index in [4.69, 9.17) is 14.7 Å². The Kier molecular flexibility index (Phi) is 5.43. The van der Waals surface area contributed by atoms with Gasteiger partial charge in [-0.25, -0.2) is 0 Å². The summed E-state index contributed by atoms with van der Waals surface area (Å²) in [4.78, 5) is 0. The van der Waals surface area contributed by atoms with Crippen LogP contribution in [-0.4, -0.2) is 19.3 Å². The molecule has 3 heteroatoms. The van der Waals surface area contributed by atoms with Crippen molar-refractivity contribution in [1.29, 1.82) is 5.26 Å². The fraction of sp³-hybridized carbons (Fsp3) is 0.588. The van der Waals surface area contributed by atoms with Crippen molar-refractivity contribution in [2.75, 3.05) is 13.2 Å². The van der Waals surface area contributed by atoms with Crippen molar-refractivity contribution in [3.8, 4) is 11.8 Å². The van der Waals surface area contributed by atoms with Crippen LogP contribution in [0.1, 0.15) is 38.7 Å². The van der Waals surface area contributed by atoms with Gasteiger partial charge in [-0.1, -0.05) is 13.8 Å². The molecule has 108 valence electrons. The molecule has 2 atom stereocenters. The summed E-state index contributed by atoms with van der Waals surface area (Å²) in [7, 11) is 0. The predicted octanol–water partition coefficient (Wildman–Crippen LogP) is 3.78. The Morgan fingerprint density at radius 3 is 2.30 bits per heavy atom. The molecule has 1 aromatic rings. The van der Waals surface area contributed by atoms with E-state index in [1.807, 2.05) is 12.1 Å². The monoisotopic (exact) mass is 273 g/mol. The summed E-state index contributed by atoms with van der Waals surface area (Å²) >= 11 is 0. The van der Waals surface area contributed by atoms with E-state index >= 15 is 0 Å². The molecule has 3 nitrogen and oxygen atoms in total. The van der Waals surface area contributed by atoms with Gasteiger partial charge in [0.15, 0.2) is 0 Å². The second kappa shape index (κ2) is 7.31. The van der Waals surface area contributed by atoms with Gasteiger partial charge in [-0.05, 0) is 55.4 Å². The number of ether oxygens (including phenoxy) is 2. The van der Waals surface area contributed by atoms with Crippen LogP contribution in [0, 0.1) is 23.2 Å². The molecule has 0 radical (unpaired) electrons. The highest BCUT2D eigenvalue weighted by molar-refractivity contribution is 5.34. The van der Waals surface area contributed by atoms with Gasteiger partial charge < -0.3 is 9.47 Å². The van der Waals surface area contributed by atoms with E-state index in [9.17, 15) is 0 Å². The zero-order valence-corrected chi connectivity index (χ0v) is 12.3. The fourth-order valence-corrected chi connectivity index (χ4v) is 3.01. The number of benzene rings is 1. The van der Waals surface area contributed by atoms with Crippen LogP contribution >= 0.6 is 0 Å². The minimum Gasteiger partial charge on any atom is -0.491 e. The summed E-state index contributed by atoms with van der Waals surface area (Å²) in [6.07, 6.45) is 4.04. The predicted molar refractivity (Wildman–Crippen MR) is 78.6 cm³/mol. The third kappa shape index (κ3) is 4.54. The molecule has 1 fully saturated rings. The lowest BCUT2D eigenvalue weighted by molar-refractivity contribution is -0.0107. The van der Waals surface area contributed by atoms with Crippen molar-refractivity contribution in [2.24, 2.45) is 11.8 Å². The van der Waals surface area contributed by atoms with Crippen molar-refractivity contribution in [2.45, 2.75) is 39.2 Å². The third-order valence-corrected chi connectivity index (χ3v) is 3.82. The van der Waals surface area contributed by atoms with Crippen molar-refractivity contribution >= 4 is 0 Å². The number of hydrogen-bond donors (Lipinski definition) is 0. The van der Waals surface area contributed by atoms with E-state index in [0.717, 1.165) is 17.6 Å². The third-order valence-electron chi connectivity index (χ3n) is 3.82. The summed E-state index contributed by atoms with van der Waals surface area (Å²) in [6.45, 7) is 5.80. The lowest BCUT2D eigenvalue weighted by atomic mass is 9.82. The SMILES string of the molecule is CC1CC(C)CC(OCCOc2ccc(C#N)cc2)C1. The van der Waals surface area contributed by atoms with Crippen LogP contribution in [0.5, 0.6) is 5.75 Å². The van der Waals surface area contributed by atoms with Gasteiger partial charge in [0.25, 0.3) is 0 Å². The minimum absolute atomic E-state index is 0.387. The molecular weight excluding hydrogens is 250 g/mol.